The molecule has 1 saturated carbocycles. The number of aromatic nitrogens is 1. The summed E-state index contributed by atoms with van der Waals surface area (Å²) in [6.07, 6.45) is 9.40. The molecular weight excluding hydrogens is 318 g/mol. The largest absolute Gasteiger partial charge is 0.472 e. The van der Waals surface area contributed by atoms with Gasteiger partial charge >= 0.3 is 0 Å². The Morgan fingerprint density at radius 3 is 2.80 bits per heavy atom. The summed E-state index contributed by atoms with van der Waals surface area (Å²) in [5.41, 5.74) is 1.74. The van der Waals surface area contributed by atoms with Crippen molar-refractivity contribution < 1.29 is 13.6 Å². The Labute approximate surface area is 147 Å². The van der Waals surface area contributed by atoms with Gasteiger partial charge in [-0.15, -0.1) is 0 Å². The molecular formula is C19H25N3O3. The predicted molar refractivity (Wildman–Crippen MR) is 92.8 cm³/mol. The van der Waals surface area contributed by atoms with E-state index in [0.29, 0.717) is 25.0 Å². The highest BCUT2D eigenvalue weighted by Gasteiger charge is 2.31. The lowest BCUT2D eigenvalue weighted by Gasteiger charge is -2.40. The molecule has 0 spiro atoms. The van der Waals surface area contributed by atoms with Crippen LogP contribution in [0.15, 0.2) is 27.4 Å². The van der Waals surface area contributed by atoms with Crippen LogP contribution < -0.4 is 0 Å². The van der Waals surface area contributed by atoms with Crippen LogP contribution in [0.2, 0.25) is 0 Å². The van der Waals surface area contributed by atoms with Gasteiger partial charge in [0.25, 0.3) is 0 Å². The molecule has 2 fully saturated rings. The van der Waals surface area contributed by atoms with E-state index in [1.54, 1.807) is 12.5 Å². The average Bonchev–Trinajstić information content (AvgIpc) is 3.26. The van der Waals surface area contributed by atoms with Gasteiger partial charge in [0.2, 0.25) is 11.8 Å². The van der Waals surface area contributed by atoms with Gasteiger partial charge in [-0.1, -0.05) is 19.3 Å². The molecule has 3 heterocycles. The zero-order valence-corrected chi connectivity index (χ0v) is 14.7. The third kappa shape index (κ3) is 3.49. The van der Waals surface area contributed by atoms with Crippen molar-refractivity contribution in [3.63, 3.8) is 0 Å². The van der Waals surface area contributed by atoms with Gasteiger partial charge in [0, 0.05) is 25.7 Å². The number of oxazole rings is 1. The number of nitrogens with zero attached hydrogens (tertiary/aromatic N) is 3. The van der Waals surface area contributed by atoms with Crippen LogP contribution in [0.4, 0.5) is 0 Å². The molecule has 0 bridgehead atoms. The minimum Gasteiger partial charge on any atom is -0.472 e. The highest BCUT2D eigenvalue weighted by atomic mass is 16.4. The third-order valence-corrected chi connectivity index (χ3v) is 5.39. The summed E-state index contributed by atoms with van der Waals surface area (Å²) in [6, 6.07) is 2.30. The summed E-state index contributed by atoms with van der Waals surface area (Å²) in [5, 5.41) is 0. The van der Waals surface area contributed by atoms with Crippen molar-refractivity contribution in [3.8, 4) is 11.5 Å². The average molecular weight is 343 g/mol. The Balaban J connectivity index is 1.39. The molecule has 2 aliphatic rings. The number of hydrogen-bond acceptors (Lipinski definition) is 5. The number of furan rings is 1. The van der Waals surface area contributed by atoms with Crippen molar-refractivity contribution in [2.24, 2.45) is 0 Å². The fourth-order valence-corrected chi connectivity index (χ4v) is 3.95. The summed E-state index contributed by atoms with van der Waals surface area (Å²) < 4.78 is 10.8. The molecule has 6 heteroatoms. The Morgan fingerprint density at radius 1 is 1.24 bits per heavy atom. The van der Waals surface area contributed by atoms with E-state index in [4.69, 9.17) is 8.83 Å². The molecule has 0 unspecified atom stereocenters. The quantitative estimate of drug-likeness (QED) is 0.853. The van der Waals surface area contributed by atoms with E-state index in [-0.39, 0.29) is 5.91 Å². The molecule has 25 heavy (non-hydrogen) atoms. The predicted octanol–water partition coefficient (Wildman–Crippen LogP) is 3.22. The summed E-state index contributed by atoms with van der Waals surface area (Å²) in [5.74, 6) is 1.64. The van der Waals surface area contributed by atoms with E-state index in [0.717, 1.165) is 30.1 Å². The monoisotopic (exact) mass is 343 g/mol. The molecule has 1 aliphatic carbocycles. The molecule has 1 aliphatic heterocycles. The summed E-state index contributed by atoms with van der Waals surface area (Å²) >= 11 is 0. The summed E-state index contributed by atoms with van der Waals surface area (Å²) in [4.78, 5) is 21.5. The van der Waals surface area contributed by atoms with Crippen molar-refractivity contribution in [1.82, 2.24) is 14.8 Å². The molecule has 6 nitrogen and oxygen atoms in total. The lowest BCUT2D eigenvalue weighted by atomic mass is 9.93. The summed E-state index contributed by atoms with van der Waals surface area (Å²) in [6.45, 7) is 4.78. The zero-order valence-electron chi connectivity index (χ0n) is 14.7. The van der Waals surface area contributed by atoms with Crippen molar-refractivity contribution in [2.75, 3.05) is 19.6 Å². The van der Waals surface area contributed by atoms with E-state index >= 15 is 0 Å². The molecule has 0 radical (unpaired) electrons. The summed E-state index contributed by atoms with van der Waals surface area (Å²) in [7, 11) is 0. The van der Waals surface area contributed by atoms with Crippen molar-refractivity contribution in [2.45, 2.75) is 51.6 Å². The fraction of sp³-hybridized carbons (Fsp3) is 0.579. The molecule has 0 atom stereocenters. The number of piperazine rings is 1. The molecule has 2 aromatic rings. The van der Waals surface area contributed by atoms with E-state index in [1.165, 1.54) is 32.1 Å². The maximum absolute atomic E-state index is 12.6. The maximum Gasteiger partial charge on any atom is 0.237 e. The van der Waals surface area contributed by atoms with Crippen LogP contribution in [-0.4, -0.2) is 46.4 Å². The standard InChI is InChI=1S/C19H25N3O3/c1-14-17(20-19(25-14)15-7-10-24-13-15)11-21-8-9-22(18(23)12-21)16-5-3-2-4-6-16/h7,10,13,16H,2-6,8-9,11-12H2,1H3. The second kappa shape index (κ2) is 7.04. The first-order chi connectivity index (χ1) is 12.2. The van der Waals surface area contributed by atoms with Crippen LogP contribution in [0, 0.1) is 6.92 Å². The Hall–Kier alpha value is -2.08. The van der Waals surface area contributed by atoms with Gasteiger partial charge in [-0.3, -0.25) is 9.69 Å². The molecule has 134 valence electrons. The molecule has 1 amide bonds. The van der Waals surface area contributed by atoms with E-state index in [9.17, 15) is 4.79 Å². The minimum atomic E-state index is 0.259. The smallest absolute Gasteiger partial charge is 0.237 e. The first kappa shape index (κ1) is 16.4. The highest BCUT2D eigenvalue weighted by molar-refractivity contribution is 5.79. The van der Waals surface area contributed by atoms with E-state index in [1.807, 2.05) is 13.0 Å². The van der Waals surface area contributed by atoms with Gasteiger partial charge < -0.3 is 13.7 Å². The third-order valence-electron chi connectivity index (χ3n) is 5.39. The van der Waals surface area contributed by atoms with Gasteiger partial charge in [-0.05, 0) is 25.8 Å². The number of amides is 1. The molecule has 4 rings (SSSR count). The van der Waals surface area contributed by atoms with Crippen LogP contribution >= 0.6 is 0 Å². The van der Waals surface area contributed by atoms with Crippen LogP contribution in [0.1, 0.15) is 43.6 Å². The SMILES string of the molecule is Cc1oc(-c2ccoc2)nc1CN1CCN(C2CCCCC2)C(=O)C1. The lowest BCUT2D eigenvalue weighted by Crippen LogP contribution is -2.54. The van der Waals surface area contributed by atoms with Crippen LogP contribution in [0.5, 0.6) is 0 Å². The first-order valence-electron chi connectivity index (χ1n) is 9.21. The van der Waals surface area contributed by atoms with Crippen LogP contribution in [0.3, 0.4) is 0 Å². The van der Waals surface area contributed by atoms with Gasteiger partial charge in [-0.2, -0.15) is 0 Å². The van der Waals surface area contributed by atoms with Crippen molar-refractivity contribution in [3.05, 3.63) is 30.0 Å². The van der Waals surface area contributed by atoms with Crippen LogP contribution in [0.25, 0.3) is 11.5 Å². The number of rotatable bonds is 4. The minimum absolute atomic E-state index is 0.259. The van der Waals surface area contributed by atoms with Gasteiger partial charge in [0.15, 0.2) is 0 Å². The van der Waals surface area contributed by atoms with Gasteiger partial charge in [0.05, 0.1) is 24.1 Å². The molecule has 1 saturated heterocycles. The number of carbonyl (C=O) groups is 1. The molecule has 0 N–H and O–H groups in total. The molecule has 0 aromatic carbocycles. The molecule has 2 aromatic heterocycles. The van der Waals surface area contributed by atoms with Crippen LogP contribution in [-0.2, 0) is 11.3 Å². The van der Waals surface area contributed by atoms with E-state index < -0.39 is 0 Å². The fourth-order valence-electron chi connectivity index (χ4n) is 3.95. The first-order valence-corrected chi connectivity index (χ1v) is 9.21. The van der Waals surface area contributed by atoms with Gasteiger partial charge in [0.1, 0.15) is 12.0 Å². The Morgan fingerprint density at radius 2 is 2.08 bits per heavy atom. The highest BCUT2D eigenvalue weighted by Crippen LogP contribution is 2.26. The zero-order chi connectivity index (χ0) is 17.2. The van der Waals surface area contributed by atoms with E-state index in [2.05, 4.69) is 14.8 Å². The Bertz CT molecular complexity index is 716. The normalized spacial score (nSPS) is 20.4. The topological polar surface area (TPSA) is 62.7 Å². The van der Waals surface area contributed by atoms with Gasteiger partial charge in [-0.25, -0.2) is 4.98 Å². The van der Waals surface area contributed by atoms with Crippen molar-refractivity contribution in [1.29, 1.82) is 0 Å². The lowest BCUT2D eigenvalue weighted by molar-refractivity contribution is -0.139. The maximum atomic E-state index is 12.6. The second-order valence-corrected chi connectivity index (χ2v) is 7.12. The van der Waals surface area contributed by atoms with Crippen molar-refractivity contribution >= 4 is 5.91 Å². The Kier molecular flexibility index (Phi) is 4.61. The number of carbonyl (C=O) groups excluding carboxylic acids is 1. The number of aryl methyl sites for hydroxylation is 1. The number of hydrogen-bond donors (Lipinski definition) is 0. The second-order valence-electron chi connectivity index (χ2n) is 7.12.